The number of amides is 2. The summed E-state index contributed by atoms with van der Waals surface area (Å²) in [4.78, 5) is 26.3. The first-order valence-electron chi connectivity index (χ1n) is 6.84. The van der Waals surface area contributed by atoms with E-state index in [9.17, 15) is 9.59 Å². The summed E-state index contributed by atoms with van der Waals surface area (Å²) in [5.74, 6) is -0.422. The van der Waals surface area contributed by atoms with Crippen molar-refractivity contribution in [2.45, 2.75) is 39.5 Å². The number of carbonyl (C=O) groups is 2. The summed E-state index contributed by atoms with van der Waals surface area (Å²) in [5.41, 5.74) is 0. The average Bonchev–Trinajstić information content (AvgIpc) is 3.12. The highest BCUT2D eigenvalue weighted by Crippen LogP contribution is 2.29. The van der Waals surface area contributed by atoms with Crippen LogP contribution in [-0.4, -0.2) is 53.1 Å². The van der Waals surface area contributed by atoms with Crippen molar-refractivity contribution in [2.24, 2.45) is 5.92 Å². The molecule has 1 N–H and O–H groups in total. The Balaban J connectivity index is 2.56. The van der Waals surface area contributed by atoms with E-state index in [1.54, 1.807) is 4.90 Å². The van der Waals surface area contributed by atoms with Gasteiger partial charge >= 0.3 is 12.0 Å². The molecule has 0 saturated heterocycles. The minimum absolute atomic E-state index is 0.125. The highest BCUT2D eigenvalue weighted by Gasteiger charge is 2.29. The molecule has 1 aliphatic rings. The summed E-state index contributed by atoms with van der Waals surface area (Å²) in [6.45, 7) is 5.78. The maximum Gasteiger partial charge on any atom is 0.323 e. The third-order valence-electron chi connectivity index (χ3n) is 3.21. The predicted molar refractivity (Wildman–Crippen MR) is 69.5 cm³/mol. The molecule has 104 valence electrons. The second-order valence-corrected chi connectivity index (χ2v) is 4.93. The molecule has 1 fully saturated rings. The van der Waals surface area contributed by atoms with Gasteiger partial charge in [0.05, 0.1) is 0 Å². The van der Waals surface area contributed by atoms with E-state index >= 15 is 0 Å². The number of carbonyl (C=O) groups excluding carboxylic acids is 1. The van der Waals surface area contributed by atoms with Gasteiger partial charge in [0.25, 0.3) is 0 Å². The summed E-state index contributed by atoms with van der Waals surface area (Å²) in [6.07, 6.45) is 4.23. The van der Waals surface area contributed by atoms with Gasteiger partial charge in [-0.2, -0.15) is 0 Å². The number of rotatable bonds is 8. The molecule has 0 heterocycles. The van der Waals surface area contributed by atoms with Crippen LogP contribution in [0.5, 0.6) is 0 Å². The molecule has 0 atom stereocenters. The number of hydrogen-bond acceptors (Lipinski definition) is 2. The van der Waals surface area contributed by atoms with Crippen molar-refractivity contribution in [3.05, 3.63) is 0 Å². The zero-order valence-corrected chi connectivity index (χ0v) is 11.4. The van der Waals surface area contributed by atoms with Crippen LogP contribution in [0.3, 0.4) is 0 Å². The fourth-order valence-electron chi connectivity index (χ4n) is 1.92. The topological polar surface area (TPSA) is 60.9 Å². The van der Waals surface area contributed by atoms with E-state index in [0.29, 0.717) is 25.6 Å². The second kappa shape index (κ2) is 7.24. The van der Waals surface area contributed by atoms with E-state index in [4.69, 9.17) is 5.11 Å². The molecule has 5 heteroatoms. The van der Waals surface area contributed by atoms with Gasteiger partial charge in [-0.05, 0) is 32.1 Å². The predicted octanol–water partition coefficient (Wildman–Crippen LogP) is 2.02. The van der Waals surface area contributed by atoms with Crippen molar-refractivity contribution in [2.75, 3.05) is 26.2 Å². The molecular formula is C13H24N2O3. The van der Waals surface area contributed by atoms with E-state index < -0.39 is 5.97 Å². The van der Waals surface area contributed by atoms with Crippen LogP contribution in [-0.2, 0) is 4.79 Å². The third-order valence-corrected chi connectivity index (χ3v) is 3.21. The lowest BCUT2D eigenvalue weighted by atomic mass is 10.3. The largest absolute Gasteiger partial charge is 0.480 e. The molecule has 0 aromatic rings. The molecule has 1 rings (SSSR count). The van der Waals surface area contributed by atoms with Crippen molar-refractivity contribution in [3.63, 3.8) is 0 Å². The Labute approximate surface area is 109 Å². The van der Waals surface area contributed by atoms with E-state index in [1.807, 2.05) is 6.92 Å². The normalized spacial score (nSPS) is 14.3. The molecular weight excluding hydrogens is 232 g/mol. The van der Waals surface area contributed by atoms with Crippen molar-refractivity contribution >= 4 is 12.0 Å². The Morgan fingerprint density at radius 3 is 2.33 bits per heavy atom. The van der Waals surface area contributed by atoms with Gasteiger partial charge in [0.15, 0.2) is 0 Å². The lowest BCUT2D eigenvalue weighted by molar-refractivity contribution is -0.137. The molecule has 18 heavy (non-hydrogen) atoms. The van der Waals surface area contributed by atoms with Gasteiger partial charge < -0.3 is 14.9 Å². The molecule has 0 aliphatic heterocycles. The van der Waals surface area contributed by atoms with Crippen LogP contribution in [0.4, 0.5) is 4.79 Å². The molecule has 0 aromatic carbocycles. The lowest BCUT2D eigenvalue weighted by Gasteiger charge is -2.29. The maximum absolute atomic E-state index is 12.3. The molecule has 0 aromatic heterocycles. The fraction of sp³-hybridized carbons (Fsp3) is 0.846. The molecule has 0 bridgehead atoms. The number of hydrogen-bond donors (Lipinski definition) is 1. The van der Waals surface area contributed by atoms with Crippen molar-refractivity contribution in [1.29, 1.82) is 0 Å². The van der Waals surface area contributed by atoms with Gasteiger partial charge in [-0.1, -0.05) is 13.3 Å². The summed E-state index contributed by atoms with van der Waals surface area (Å²) in [5, 5.41) is 8.88. The zero-order valence-electron chi connectivity index (χ0n) is 11.4. The summed E-state index contributed by atoms with van der Waals surface area (Å²) in [6, 6.07) is -0.125. The molecule has 5 nitrogen and oxygen atoms in total. The Morgan fingerprint density at radius 1 is 1.22 bits per heavy atom. The first kappa shape index (κ1) is 14.8. The minimum atomic E-state index is -0.935. The minimum Gasteiger partial charge on any atom is -0.480 e. The molecule has 0 radical (unpaired) electrons. The van der Waals surface area contributed by atoms with Crippen molar-refractivity contribution in [1.82, 2.24) is 9.80 Å². The fourth-order valence-corrected chi connectivity index (χ4v) is 1.92. The number of nitrogens with zero attached hydrogens (tertiary/aromatic N) is 2. The Kier molecular flexibility index (Phi) is 5.95. The van der Waals surface area contributed by atoms with Gasteiger partial charge in [-0.15, -0.1) is 0 Å². The average molecular weight is 256 g/mol. The zero-order chi connectivity index (χ0) is 13.5. The van der Waals surface area contributed by atoms with Gasteiger partial charge in [0, 0.05) is 19.6 Å². The first-order chi connectivity index (χ1) is 8.58. The molecule has 0 spiro atoms. The summed E-state index contributed by atoms with van der Waals surface area (Å²) < 4.78 is 0. The van der Waals surface area contributed by atoms with Crippen LogP contribution in [0.25, 0.3) is 0 Å². The number of carboxylic acid groups (broad SMARTS) is 1. The third kappa shape index (κ3) is 4.94. The highest BCUT2D eigenvalue weighted by molar-refractivity contribution is 5.80. The Hall–Kier alpha value is -1.26. The standard InChI is InChI=1S/C13H24N2O3/c1-3-5-8-14(4-2)13(18)15(10-12(16)17)9-11-6-7-11/h11H,3-10H2,1-2H3,(H,16,17). The second-order valence-electron chi connectivity index (χ2n) is 4.93. The summed E-state index contributed by atoms with van der Waals surface area (Å²) in [7, 11) is 0. The highest BCUT2D eigenvalue weighted by atomic mass is 16.4. The Bertz CT molecular complexity index is 290. The van der Waals surface area contributed by atoms with Crippen LogP contribution in [0.15, 0.2) is 0 Å². The van der Waals surface area contributed by atoms with Gasteiger partial charge in [0.2, 0.25) is 0 Å². The van der Waals surface area contributed by atoms with Crippen LogP contribution >= 0.6 is 0 Å². The lowest BCUT2D eigenvalue weighted by Crippen LogP contribution is -2.46. The molecule has 2 amide bonds. The first-order valence-corrected chi connectivity index (χ1v) is 6.84. The van der Waals surface area contributed by atoms with E-state index in [2.05, 4.69) is 6.92 Å². The molecule has 1 saturated carbocycles. The monoisotopic (exact) mass is 256 g/mol. The van der Waals surface area contributed by atoms with Gasteiger partial charge in [-0.25, -0.2) is 4.79 Å². The van der Waals surface area contributed by atoms with Crippen molar-refractivity contribution in [3.8, 4) is 0 Å². The molecule has 1 aliphatic carbocycles. The number of unbranched alkanes of at least 4 members (excludes halogenated alkanes) is 1. The molecule has 0 unspecified atom stereocenters. The van der Waals surface area contributed by atoms with E-state index in [1.165, 1.54) is 4.90 Å². The van der Waals surface area contributed by atoms with Crippen LogP contribution < -0.4 is 0 Å². The quantitative estimate of drug-likeness (QED) is 0.722. The van der Waals surface area contributed by atoms with Crippen LogP contribution in [0.1, 0.15) is 39.5 Å². The van der Waals surface area contributed by atoms with Crippen LogP contribution in [0, 0.1) is 5.92 Å². The SMILES string of the molecule is CCCCN(CC)C(=O)N(CC(=O)O)CC1CC1. The summed E-state index contributed by atoms with van der Waals surface area (Å²) >= 11 is 0. The maximum atomic E-state index is 12.3. The van der Waals surface area contributed by atoms with E-state index in [-0.39, 0.29) is 12.6 Å². The number of urea groups is 1. The van der Waals surface area contributed by atoms with E-state index in [0.717, 1.165) is 25.7 Å². The van der Waals surface area contributed by atoms with Gasteiger partial charge in [-0.3, -0.25) is 4.79 Å². The number of carboxylic acids is 1. The smallest absolute Gasteiger partial charge is 0.323 e. The van der Waals surface area contributed by atoms with Crippen LogP contribution in [0.2, 0.25) is 0 Å². The van der Waals surface area contributed by atoms with Gasteiger partial charge in [0.1, 0.15) is 6.54 Å². The van der Waals surface area contributed by atoms with Crippen molar-refractivity contribution < 1.29 is 14.7 Å². The number of aliphatic carboxylic acids is 1. The Morgan fingerprint density at radius 2 is 1.89 bits per heavy atom.